The first-order valence-electron chi connectivity index (χ1n) is 5.55. The van der Waals surface area contributed by atoms with Crippen LogP contribution in [0.25, 0.3) is 0 Å². The normalized spacial score (nSPS) is 37.3. The number of benzene rings is 1. The number of rotatable bonds is 3. The molecule has 1 aromatic rings. The molecule has 1 aromatic carbocycles. The van der Waals surface area contributed by atoms with Gasteiger partial charge in [-0.1, -0.05) is 30.3 Å². The molecule has 1 N–H and O–H groups in total. The van der Waals surface area contributed by atoms with E-state index in [2.05, 4.69) is 24.3 Å². The van der Waals surface area contributed by atoms with Crippen molar-refractivity contribution in [3.8, 4) is 0 Å². The Labute approximate surface area is 88.9 Å². The van der Waals surface area contributed by atoms with E-state index in [0.29, 0.717) is 17.8 Å². The third kappa shape index (κ3) is 1.54. The Balaban J connectivity index is 1.64. The zero-order valence-electron chi connectivity index (χ0n) is 8.47. The van der Waals surface area contributed by atoms with Gasteiger partial charge < -0.3 is 5.11 Å². The predicted molar refractivity (Wildman–Crippen MR) is 56.5 cm³/mol. The number of carboxylic acids is 1. The molecule has 78 valence electrons. The Morgan fingerprint density at radius 2 is 1.87 bits per heavy atom. The number of hydrogen-bond acceptors (Lipinski definition) is 1. The number of aliphatic carboxylic acids is 1. The summed E-state index contributed by atoms with van der Waals surface area (Å²) in [6.45, 7) is 0. The fraction of sp³-hybridized carbons (Fsp3) is 0.462. The summed E-state index contributed by atoms with van der Waals surface area (Å²) in [6.07, 6.45) is 2.10. The van der Waals surface area contributed by atoms with Crippen molar-refractivity contribution in [3.05, 3.63) is 35.9 Å². The molecule has 3 rings (SSSR count). The first kappa shape index (κ1) is 8.96. The van der Waals surface area contributed by atoms with Gasteiger partial charge in [0.05, 0.1) is 5.92 Å². The molecule has 0 radical (unpaired) electrons. The van der Waals surface area contributed by atoms with Crippen LogP contribution in [0, 0.1) is 17.8 Å². The molecule has 0 spiro atoms. The Morgan fingerprint density at radius 3 is 2.47 bits per heavy atom. The van der Waals surface area contributed by atoms with Gasteiger partial charge in [0.2, 0.25) is 0 Å². The molecule has 2 nitrogen and oxygen atoms in total. The fourth-order valence-corrected chi connectivity index (χ4v) is 2.74. The molecule has 0 aliphatic heterocycles. The maximum atomic E-state index is 10.7. The molecule has 0 bridgehead atoms. The lowest BCUT2D eigenvalue weighted by Crippen LogP contribution is -2.00. The molecule has 0 aromatic heterocycles. The fourth-order valence-electron chi connectivity index (χ4n) is 2.74. The van der Waals surface area contributed by atoms with Gasteiger partial charge in [0.1, 0.15) is 0 Å². The summed E-state index contributed by atoms with van der Waals surface area (Å²) in [5.41, 5.74) is 1.39. The van der Waals surface area contributed by atoms with Crippen LogP contribution < -0.4 is 0 Å². The lowest BCUT2D eigenvalue weighted by Gasteiger charge is -1.98. The maximum absolute atomic E-state index is 10.7. The first-order chi connectivity index (χ1) is 7.27. The third-order valence-corrected chi connectivity index (χ3v) is 3.77. The minimum Gasteiger partial charge on any atom is -0.481 e. The molecule has 2 aliphatic carbocycles. The molecule has 2 heteroatoms. The summed E-state index contributed by atoms with van der Waals surface area (Å²) in [6, 6.07) is 10.5. The maximum Gasteiger partial charge on any atom is 0.306 e. The average molecular weight is 202 g/mol. The van der Waals surface area contributed by atoms with E-state index in [1.54, 1.807) is 0 Å². The highest BCUT2D eigenvalue weighted by molar-refractivity contribution is 5.73. The molecular weight excluding hydrogens is 188 g/mol. The van der Waals surface area contributed by atoms with Gasteiger partial charge >= 0.3 is 5.97 Å². The van der Waals surface area contributed by atoms with Crippen molar-refractivity contribution in [2.45, 2.75) is 18.8 Å². The minimum absolute atomic E-state index is 0.0382. The molecule has 2 aliphatic rings. The summed E-state index contributed by atoms with van der Waals surface area (Å²) in [5.74, 6) is 1.11. The SMILES string of the molecule is O=C(O)[C@@H]1C[C@@H]1[C@H]1C[C@H]1c1ccccc1. The molecule has 4 atom stereocenters. The van der Waals surface area contributed by atoms with Crippen molar-refractivity contribution in [1.82, 2.24) is 0 Å². The molecule has 0 amide bonds. The van der Waals surface area contributed by atoms with Gasteiger partial charge in [0, 0.05) is 0 Å². The van der Waals surface area contributed by atoms with Crippen molar-refractivity contribution < 1.29 is 9.90 Å². The van der Waals surface area contributed by atoms with E-state index in [0.717, 1.165) is 6.42 Å². The summed E-state index contributed by atoms with van der Waals surface area (Å²) in [4.78, 5) is 10.7. The Hall–Kier alpha value is -1.31. The van der Waals surface area contributed by atoms with Crippen LogP contribution in [0.5, 0.6) is 0 Å². The second-order valence-electron chi connectivity index (χ2n) is 4.76. The quantitative estimate of drug-likeness (QED) is 0.817. The van der Waals surface area contributed by atoms with Crippen LogP contribution in [0.4, 0.5) is 0 Å². The van der Waals surface area contributed by atoms with E-state index >= 15 is 0 Å². The van der Waals surface area contributed by atoms with Crippen LogP contribution >= 0.6 is 0 Å². The molecule has 0 heterocycles. The molecule has 0 saturated heterocycles. The Bertz CT molecular complexity index is 385. The van der Waals surface area contributed by atoms with Crippen molar-refractivity contribution in [2.75, 3.05) is 0 Å². The largest absolute Gasteiger partial charge is 0.481 e. The molecular formula is C13H14O2. The van der Waals surface area contributed by atoms with Gasteiger partial charge in [-0.05, 0) is 36.2 Å². The van der Waals surface area contributed by atoms with Gasteiger partial charge in [-0.25, -0.2) is 0 Å². The van der Waals surface area contributed by atoms with Crippen molar-refractivity contribution in [2.24, 2.45) is 17.8 Å². The standard InChI is InChI=1S/C13H14O2/c14-13(15)12-7-11(12)10-6-9(10)8-4-2-1-3-5-8/h1-5,9-12H,6-7H2,(H,14,15)/t9-,10-,11+,12+/m0/s1. The zero-order valence-corrected chi connectivity index (χ0v) is 8.47. The van der Waals surface area contributed by atoms with Gasteiger partial charge in [-0.2, -0.15) is 0 Å². The smallest absolute Gasteiger partial charge is 0.306 e. The van der Waals surface area contributed by atoms with Crippen LogP contribution in [0.15, 0.2) is 30.3 Å². The first-order valence-corrected chi connectivity index (χ1v) is 5.55. The van der Waals surface area contributed by atoms with Gasteiger partial charge in [-0.3, -0.25) is 4.79 Å². The molecule has 2 fully saturated rings. The Morgan fingerprint density at radius 1 is 1.13 bits per heavy atom. The summed E-state index contributed by atoms with van der Waals surface area (Å²) >= 11 is 0. The summed E-state index contributed by atoms with van der Waals surface area (Å²) < 4.78 is 0. The van der Waals surface area contributed by atoms with Crippen LogP contribution in [0.2, 0.25) is 0 Å². The number of hydrogen-bond donors (Lipinski definition) is 1. The van der Waals surface area contributed by atoms with Crippen LogP contribution in [0.3, 0.4) is 0 Å². The highest BCUT2D eigenvalue weighted by Crippen LogP contribution is 2.61. The summed E-state index contributed by atoms with van der Waals surface area (Å²) in [5, 5.41) is 8.86. The van der Waals surface area contributed by atoms with Crippen LogP contribution in [-0.4, -0.2) is 11.1 Å². The van der Waals surface area contributed by atoms with E-state index in [-0.39, 0.29) is 5.92 Å². The molecule has 0 unspecified atom stereocenters. The third-order valence-electron chi connectivity index (χ3n) is 3.77. The minimum atomic E-state index is -0.598. The number of carboxylic acid groups (broad SMARTS) is 1. The monoisotopic (exact) mass is 202 g/mol. The van der Waals surface area contributed by atoms with Crippen molar-refractivity contribution >= 4 is 5.97 Å². The lowest BCUT2D eigenvalue weighted by molar-refractivity contribution is -0.138. The van der Waals surface area contributed by atoms with Crippen molar-refractivity contribution in [1.29, 1.82) is 0 Å². The second-order valence-corrected chi connectivity index (χ2v) is 4.76. The lowest BCUT2D eigenvalue weighted by atomic mass is 10.1. The van der Waals surface area contributed by atoms with E-state index < -0.39 is 5.97 Å². The zero-order chi connectivity index (χ0) is 10.4. The van der Waals surface area contributed by atoms with Gasteiger partial charge in [-0.15, -0.1) is 0 Å². The van der Waals surface area contributed by atoms with Crippen LogP contribution in [-0.2, 0) is 4.79 Å². The highest BCUT2D eigenvalue weighted by atomic mass is 16.4. The van der Waals surface area contributed by atoms with E-state index in [1.807, 2.05) is 6.07 Å². The van der Waals surface area contributed by atoms with Gasteiger partial charge in [0.15, 0.2) is 0 Å². The second kappa shape index (κ2) is 3.09. The van der Waals surface area contributed by atoms with Gasteiger partial charge in [0.25, 0.3) is 0 Å². The van der Waals surface area contributed by atoms with Crippen LogP contribution in [0.1, 0.15) is 24.3 Å². The molecule has 2 saturated carbocycles. The average Bonchev–Trinajstić information content (AvgIpc) is 3.11. The van der Waals surface area contributed by atoms with E-state index in [4.69, 9.17) is 5.11 Å². The van der Waals surface area contributed by atoms with Crippen molar-refractivity contribution in [3.63, 3.8) is 0 Å². The summed E-state index contributed by atoms with van der Waals surface area (Å²) in [7, 11) is 0. The predicted octanol–water partition coefficient (Wildman–Crippen LogP) is 2.51. The Kier molecular flexibility index (Phi) is 1.84. The molecule has 15 heavy (non-hydrogen) atoms. The number of carbonyl (C=O) groups is 1. The highest BCUT2D eigenvalue weighted by Gasteiger charge is 2.56. The van der Waals surface area contributed by atoms with E-state index in [1.165, 1.54) is 12.0 Å². The topological polar surface area (TPSA) is 37.3 Å². The van der Waals surface area contributed by atoms with E-state index in [9.17, 15) is 4.79 Å².